The second-order valence-corrected chi connectivity index (χ2v) is 11.1. The molecule has 1 saturated heterocycles. The zero-order valence-corrected chi connectivity index (χ0v) is 15.0. The number of nitrogens with zero attached hydrogens (tertiary/aromatic N) is 1. The van der Waals surface area contributed by atoms with Crippen molar-refractivity contribution in [2.45, 2.75) is 43.5 Å². The van der Waals surface area contributed by atoms with Crippen molar-refractivity contribution < 1.29 is 16.8 Å². The third-order valence-corrected chi connectivity index (χ3v) is 7.79. The topological polar surface area (TPSA) is 71.5 Å². The molecule has 0 aromatic heterocycles. The van der Waals surface area contributed by atoms with E-state index < -0.39 is 25.9 Å². The summed E-state index contributed by atoms with van der Waals surface area (Å²) in [7, 11) is -5.32. The van der Waals surface area contributed by atoms with Crippen LogP contribution in [0.15, 0.2) is 29.2 Å². The molecule has 0 aliphatic carbocycles. The zero-order chi connectivity index (χ0) is 16.8. The molecule has 0 spiro atoms. The first-order valence-corrected chi connectivity index (χ1v) is 10.5. The van der Waals surface area contributed by atoms with E-state index in [1.54, 1.807) is 12.1 Å². The van der Waals surface area contributed by atoms with Crippen molar-refractivity contribution >= 4 is 19.9 Å². The Hall–Kier alpha value is -0.920. The third-order valence-electron chi connectivity index (χ3n) is 4.12. The molecule has 0 bridgehead atoms. The summed E-state index contributed by atoms with van der Waals surface area (Å²) in [5, 5.41) is 0. The summed E-state index contributed by atoms with van der Waals surface area (Å²) in [5.41, 5.74) is 1.01. The van der Waals surface area contributed by atoms with Crippen molar-refractivity contribution in [1.29, 1.82) is 0 Å². The third kappa shape index (κ3) is 3.52. The van der Waals surface area contributed by atoms with Crippen LogP contribution in [0.5, 0.6) is 0 Å². The molecule has 1 fully saturated rings. The van der Waals surface area contributed by atoms with Gasteiger partial charge in [-0.05, 0) is 29.5 Å². The lowest BCUT2D eigenvalue weighted by Crippen LogP contribution is -2.37. The van der Waals surface area contributed by atoms with Gasteiger partial charge in [-0.15, -0.1) is 0 Å². The van der Waals surface area contributed by atoms with Crippen LogP contribution < -0.4 is 0 Å². The molecular weight excluding hydrogens is 322 g/mol. The molecule has 1 aliphatic rings. The Balaban J connectivity index is 2.27. The predicted octanol–water partition coefficient (Wildman–Crippen LogP) is 1.79. The summed E-state index contributed by atoms with van der Waals surface area (Å²) in [6.45, 7) is 6.18. The van der Waals surface area contributed by atoms with Crippen LogP contribution in [0.3, 0.4) is 0 Å². The Labute approximate surface area is 133 Å². The van der Waals surface area contributed by atoms with E-state index >= 15 is 0 Å². The molecule has 0 radical (unpaired) electrons. The van der Waals surface area contributed by atoms with Crippen molar-refractivity contribution in [3.05, 3.63) is 29.8 Å². The normalized spacial score (nSPS) is 22.1. The minimum absolute atomic E-state index is 0.0479. The molecule has 0 N–H and O–H groups in total. The molecular formula is C15H23NO4S2. The highest BCUT2D eigenvalue weighted by Gasteiger charge is 2.36. The summed E-state index contributed by atoms with van der Waals surface area (Å²) in [4.78, 5) is 0.201. The van der Waals surface area contributed by atoms with Gasteiger partial charge < -0.3 is 0 Å². The van der Waals surface area contributed by atoms with Gasteiger partial charge in [-0.1, -0.05) is 32.9 Å². The van der Waals surface area contributed by atoms with Gasteiger partial charge in [-0.25, -0.2) is 16.8 Å². The predicted molar refractivity (Wildman–Crippen MR) is 87.1 cm³/mol. The number of benzene rings is 1. The maximum absolute atomic E-state index is 12.6. The molecule has 2 rings (SSSR count). The fraction of sp³-hybridized carbons (Fsp3) is 0.600. The quantitative estimate of drug-likeness (QED) is 0.837. The van der Waals surface area contributed by atoms with Crippen molar-refractivity contribution in [2.75, 3.05) is 18.6 Å². The maximum atomic E-state index is 12.6. The van der Waals surface area contributed by atoms with Gasteiger partial charge >= 0.3 is 0 Å². The fourth-order valence-electron chi connectivity index (χ4n) is 2.55. The van der Waals surface area contributed by atoms with Crippen molar-refractivity contribution in [3.8, 4) is 0 Å². The van der Waals surface area contributed by atoms with E-state index in [4.69, 9.17) is 0 Å². The van der Waals surface area contributed by atoms with Crippen LogP contribution in [0.4, 0.5) is 0 Å². The molecule has 1 aromatic rings. The largest absolute Gasteiger partial charge is 0.243 e. The van der Waals surface area contributed by atoms with Gasteiger partial charge in [0.25, 0.3) is 0 Å². The van der Waals surface area contributed by atoms with Gasteiger partial charge in [-0.3, -0.25) is 0 Å². The number of rotatable bonds is 3. The van der Waals surface area contributed by atoms with E-state index in [9.17, 15) is 16.8 Å². The van der Waals surface area contributed by atoms with E-state index in [1.165, 1.54) is 11.4 Å². The van der Waals surface area contributed by atoms with E-state index in [-0.39, 0.29) is 21.8 Å². The first kappa shape index (κ1) is 17.4. The SMILES string of the molecule is CN([C@H]1CCS(=O)(=O)C1)S(=O)(=O)c1ccc(C(C)(C)C)cc1. The van der Waals surface area contributed by atoms with E-state index in [0.717, 1.165) is 5.56 Å². The molecule has 5 nitrogen and oxygen atoms in total. The highest BCUT2D eigenvalue weighted by molar-refractivity contribution is 7.92. The monoisotopic (exact) mass is 345 g/mol. The smallest absolute Gasteiger partial charge is 0.229 e. The van der Waals surface area contributed by atoms with Crippen LogP contribution in [-0.2, 0) is 25.3 Å². The van der Waals surface area contributed by atoms with Gasteiger partial charge in [0.2, 0.25) is 10.0 Å². The lowest BCUT2D eigenvalue weighted by molar-refractivity contribution is 0.394. The standard InChI is InChI=1S/C15H23NO4S2/c1-15(2,3)12-5-7-14(8-6-12)22(19,20)16(4)13-9-10-21(17,18)11-13/h5-8,13H,9-11H2,1-4H3/t13-/m0/s1. The second-order valence-electron chi connectivity index (χ2n) is 6.85. The maximum Gasteiger partial charge on any atom is 0.243 e. The number of sulfone groups is 1. The summed E-state index contributed by atoms with van der Waals surface area (Å²) >= 11 is 0. The lowest BCUT2D eigenvalue weighted by Gasteiger charge is -2.24. The number of hydrogen-bond acceptors (Lipinski definition) is 4. The Kier molecular flexibility index (Phi) is 4.45. The molecule has 7 heteroatoms. The van der Waals surface area contributed by atoms with E-state index in [2.05, 4.69) is 20.8 Å². The fourth-order valence-corrected chi connectivity index (χ4v) is 5.81. The molecule has 0 saturated carbocycles. The van der Waals surface area contributed by atoms with Crippen LogP contribution in [0.2, 0.25) is 0 Å². The number of sulfonamides is 1. The summed E-state index contributed by atoms with van der Waals surface area (Å²) < 4.78 is 49.5. The van der Waals surface area contributed by atoms with Crippen molar-refractivity contribution in [2.24, 2.45) is 0 Å². The van der Waals surface area contributed by atoms with Gasteiger partial charge in [0.05, 0.1) is 16.4 Å². The highest BCUT2D eigenvalue weighted by atomic mass is 32.2. The lowest BCUT2D eigenvalue weighted by atomic mass is 9.87. The first-order chi connectivity index (χ1) is 9.93. The van der Waals surface area contributed by atoms with Gasteiger partial charge in [-0.2, -0.15) is 4.31 Å². The van der Waals surface area contributed by atoms with Gasteiger partial charge in [0, 0.05) is 13.1 Å². The number of hydrogen-bond donors (Lipinski definition) is 0. The van der Waals surface area contributed by atoms with Gasteiger partial charge in [0.15, 0.2) is 9.84 Å². The average molecular weight is 345 g/mol. The van der Waals surface area contributed by atoms with Crippen LogP contribution in [0, 0.1) is 0 Å². The van der Waals surface area contributed by atoms with Crippen molar-refractivity contribution in [1.82, 2.24) is 4.31 Å². The van der Waals surface area contributed by atoms with Gasteiger partial charge in [0.1, 0.15) is 0 Å². The van der Waals surface area contributed by atoms with Crippen molar-refractivity contribution in [3.63, 3.8) is 0 Å². The Morgan fingerprint density at radius 2 is 1.68 bits per heavy atom. The summed E-state index contributed by atoms with van der Waals surface area (Å²) in [5.74, 6) is -0.0384. The molecule has 124 valence electrons. The second kappa shape index (κ2) is 5.62. The minimum Gasteiger partial charge on any atom is -0.229 e. The Morgan fingerprint density at radius 1 is 1.14 bits per heavy atom. The molecule has 1 aromatic carbocycles. The molecule has 0 unspecified atom stereocenters. The van der Waals surface area contributed by atoms with E-state index in [0.29, 0.717) is 6.42 Å². The molecule has 1 heterocycles. The Bertz CT molecular complexity index is 744. The molecule has 1 aliphatic heterocycles. The molecule has 0 amide bonds. The molecule has 1 atom stereocenters. The average Bonchev–Trinajstić information content (AvgIpc) is 2.77. The summed E-state index contributed by atoms with van der Waals surface area (Å²) in [6, 6.07) is 6.33. The Morgan fingerprint density at radius 3 is 2.09 bits per heavy atom. The highest BCUT2D eigenvalue weighted by Crippen LogP contribution is 2.26. The van der Waals surface area contributed by atoms with Crippen LogP contribution in [0.1, 0.15) is 32.8 Å². The summed E-state index contributed by atoms with van der Waals surface area (Å²) in [6.07, 6.45) is 0.359. The van der Waals surface area contributed by atoms with Crippen LogP contribution in [-0.4, -0.2) is 45.7 Å². The van der Waals surface area contributed by atoms with Crippen LogP contribution in [0.25, 0.3) is 0 Å². The van der Waals surface area contributed by atoms with E-state index in [1.807, 2.05) is 12.1 Å². The minimum atomic E-state index is -3.67. The van der Waals surface area contributed by atoms with Crippen LogP contribution >= 0.6 is 0 Å². The molecule has 22 heavy (non-hydrogen) atoms. The first-order valence-electron chi connectivity index (χ1n) is 7.22. The zero-order valence-electron chi connectivity index (χ0n) is 13.4.